The van der Waals surface area contributed by atoms with E-state index in [0.717, 1.165) is 11.8 Å². The molecule has 0 spiro atoms. The second kappa shape index (κ2) is 9.58. The zero-order chi connectivity index (χ0) is 23.5. The van der Waals surface area contributed by atoms with Crippen LogP contribution in [0.1, 0.15) is 36.6 Å². The number of nitrogens with one attached hydrogen (secondary N) is 1. The van der Waals surface area contributed by atoms with Gasteiger partial charge in [0, 0.05) is 12.1 Å². The van der Waals surface area contributed by atoms with Crippen molar-refractivity contribution < 1.29 is 17.6 Å². The van der Waals surface area contributed by atoms with Crippen molar-refractivity contribution in [2.45, 2.75) is 55.3 Å². The molecule has 1 unspecified atom stereocenters. The smallest absolute Gasteiger partial charge is 0.240 e. The Morgan fingerprint density at radius 2 is 1.97 bits per heavy atom. The van der Waals surface area contributed by atoms with Crippen molar-refractivity contribution in [1.82, 2.24) is 14.8 Å². The maximum absolute atomic E-state index is 12.7. The molecule has 11 heteroatoms. The number of sulfone groups is 1. The fourth-order valence-electron chi connectivity index (χ4n) is 2.99. The number of rotatable bonds is 8. The van der Waals surface area contributed by atoms with Gasteiger partial charge >= 0.3 is 0 Å². The SMILES string of the molecule is CCn1c(CS(=O)(=O)c2ccccc2)nnc1SC(C)C(=O)Nc1oc(C)c(C)c1C#N. The molecule has 0 saturated heterocycles. The van der Waals surface area contributed by atoms with Crippen molar-refractivity contribution in [2.24, 2.45) is 0 Å². The van der Waals surface area contributed by atoms with Crippen LogP contribution < -0.4 is 5.32 Å². The van der Waals surface area contributed by atoms with E-state index < -0.39 is 15.1 Å². The molecule has 0 aliphatic carbocycles. The summed E-state index contributed by atoms with van der Waals surface area (Å²) in [6.45, 7) is 7.45. The minimum absolute atomic E-state index is 0.117. The van der Waals surface area contributed by atoms with Gasteiger partial charge in [0.25, 0.3) is 0 Å². The molecular formula is C21H23N5O4S2. The highest BCUT2D eigenvalue weighted by atomic mass is 32.2. The van der Waals surface area contributed by atoms with Crippen molar-refractivity contribution >= 4 is 33.4 Å². The van der Waals surface area contributed by atoms with Crippen LogP contribution >= 0.6 is 11.8 Å². The van der Waals surface area contributed by atoms with Crippen LogP contribution in [0.5, 0.6) is 0 Å². The molecule has 168 valence electrons. The third-order valence-electron chi connectivity index (χ3n) is 4.92. The van der Waals surface area contributed by atoms with Crippen LogP contribution in [0.3, 0.4) is 0 Å². The van der Waals surface area contributed by atoms with Crippen molar-refractivity contribution in [1.29, 1.82) is 5.26 Å². The van der Waals surface area contributed by atoms with Crippen LogP contribution in [0.4, 0.5) is 5.88 Å². The topological polar surface area (TPSA) is 131 Å². The van der Waals surface area contributed by atoms with E-state index in [0.29, 0.717) is 28.8 Å². The zero-order valence-electron chi connectivity index (χ0n) is 18.1. The number of hydrogen-bond acceptors (Lipinski definition) is 8. The molecule has 3 rings (SSSR count). The molecule has 0 aliphatic rings. The molecule has 2 heterocycles. The van der Waals surface area contributed by atoms with Gasteiger partial charge < -0.3 is 8.98 Å². The molecule has 3 aromatic rings. The first-order valence-electron chi connectivity index (χ1n) is 9.85. The number of benzene rings is 1. The summed E-state index contributed by atoms with van der Waals surface area (Å²) < 4.78 is 32.6. The van der Waals surface area contributed by atoms with Crippen LogP contribution in [0, 0.1) is 25.2 Å². The fourth-order valence-corrected chi connectivity index (χ4v) is 5.21. The van der Waals surface area contributed by atoms with Gasteiger partial charge in [0.2, 0.25) is 11.8 Å². The third-order valence-corrected chi connectivity index (χ3v) is 7.63. The number of carbonyl (C=O) groups excluding carboxylic acids is 1. The summed E-state index contributed by atoms with van der Waals surface area (Å²) in [7, 11) is -3.58. The lowest BCUT2D eigenvalue weighted by molar-refractivity contribution is -0.115. The second-order valence-electron chi connectivity index (χ2n) is 7.06. The zero-order valence-corrected chi connectivity index (χ0v) is 19.7. The molecule has 1 aromatic carbocycles. The van der Waals surface area contributed by atoms with Crippen LogP contribution in [0.15, 0.2) is 44.8 Å². The standard InChI is InChI=1S/C21H23N5O4S2/c1-5-26-18(12-32(28,29)16-9-7-6-8-10-16)24-25-21(26)31-15(4)19(27)23-20-17(11-22)13(2)14(3)30-20/h6-10,15H,5,12H2,1-4H3,(H,23,27). The Morgan fingerprint density at radius 1 is 1.28 bits per heavy atom. The molecule has 0 aliphatic heterocycles. The monoisotopic (exact) mass is 473 g/mol. The van der Waals surface area contributed by atoms with Gasteiger partial charge in [-0.15, -0.1) is 10.2 Å². The Kier molecular flexibility index (Phi) is 7.06. The summed E-state index contributed by atoms with van der Waals surface area (Å²) in [5.74, 6) is 0.314. The van der Waals surface area contributed by atoms with E-state index in [1.807, 2.05) is 13.0 Å². The summed E-state index contributed by atoms with van der Waals surface area (Å²) in [6, 6.07) is 10.2. The second-order valence-corrected chi connectivity index (χ2v) is 10.4. The average Bonchev–Trinajstić information content (AvgIpc) is 3.26. The van der Waals surface area contributed by atoms with E-state index in [4.69, 9.17) is 4.42 Å². The largest absolute Gasteiger partial charge is 0.444 e. The van der Waals surface area contributed by atoms with Crippen molar-refractivity contribution in [2.75, 3.05) is 5.32 Å². The first-order valence-corrected chi connectivity index (χ1v) is 12.4. The van der Waals surface area contributed by atoms with E-state index in [1.54, 1.807) is 43.5 Å². The molecule has 0 saturated carbocycles. The van der Waals surface area contributed by atoms with Crippen molar-refractivity contribution in [3.63, 3.8) is 0 Å². The molecule has 0 radical (unpaired) electrons. The summed E-state index contributed by atoms with van der Waals surface area (Å²) in [6.07, 6.45) is 0. The van der Waals surface area contributed by atoms with Gasteiger partial charge in [0.15, 0.2) is 15.0 Å². The van der Waals surface area contributed by atoms with Gasteiger partial charge in [0.1, 0.15) is 29.0 Å². The maximum atomic E-state index is 12.7. The normalized spacial score (nSPS) is 12.3. The van der Waals surface area contributed by atoms with Crippen LogP contribution in [0.2, 0.25) is 0 Å². The lowest BCUT2D eigenvalue weighted by Gasteiger charge is -2.12. The van der Waals surface area contributed by atoms with E-state index in [2.05, 4.69) is 15.5 Å². The van der Waals surface area contributed by atoms with Gasteiger partial charge in [-0.25, -0.2) is 8.42 Å². The van der Waals surface area contributed by atoms with Crippen LogP contribution in [0.25, 0.3) is 0 Å². The maximum Gasteiger partial charge on any atom is 0.240 e. The number of anilines is 1. The van der Waals surface area contributed by atoms with Crippen LogP contribution in [-0.2, 0) is 26.9 Å². The highest BCUT2D eigenvalue weighted by Crippen LogP contribution is 2.28. The van der Waals surface area contributed by atoms with Crippen LogP contribution in [-0.4, -0.2) is 34.3 Å². The Labute approximate surface area is 190 Å². The van der Waals surface area contributed by atoms with Gasteiger partial charge in [-0.2, -0.15) is 5.26 Å². The number of nitriles is 1. The summed E-state index contributed by atoms with van der Waals surface area (Å²) in [4.78, 5) is 12.9. The van der Waals surface area contributed by atoms with Crippen molar-refractivity contribution in [3.05, 3.63) is 53.0 Å². The van der Waals surface area contributed by atoms with Gasteiger partial charge in [-0.05, 0) is 39.8 Å². The predicted molar refractivity (Wildman–Crippen MR) is 120 cm³/mol. The number of aromatic nitrogens is 3. The van der Waals surface area contributed by atoms with Gasteiger partial charge in [-0.3, -0.25) is 10.1 Å². The summed E-state index contributed by atoms with van der Waals surface area (Å²) in [5.41, 5.74) is 0.969. The van der Waals surface area contributed by atoms with Gasteiger partial charge in [0.05, 0.1) is 10.1 Å². The average molecular weight is 474 g/mol. The molecule has 9 nitrogen and oxygen atoms in total. The predicted octanol–water partition coefficient (Wildman–Crippen LogP) is 3.47. The highest BCUT2D eigenvalue weighted by molar-refractivity contribution is 8.00. The third kappa shape index (κ3) is 4.87. The first-order chi connectivity index (χ1) is 15.2. The molecular weight excluding hydrogens is 450 g/mol. The number of aryl methyl sites for hydroxylation is 1. The number of thioether (sulfide) groups is 1. The van der Waals surface area contributed by atoms with Gasteiger partial charge in [-0.1, -0.05) is 30.0 Å². The van der Waals surface area contributed by atoms with E-state index >= 15 is 0 Å². The molecule has 2 aromatic heterocycles. The number of furan rings is 1. The Bertz CT molecular complexity index is 1270. The molecule has 0 fully saturated rings. The molecule has 1 N–H and O–H groups in total. The lowest BCUT2D eigenvalue weighted by atomic mass is 10.2. The van der Waals surface area contributed by atoms with E-state index in [9.17, 15) is 18.5 Å². The highest BCUT2D eigenvalue weighted by Gasteiger charge is 2.25. The molecule has 1 atom stereocenters. The molecule has 1 amide bonds. The van der Waals surface area contributed by atoms with E-state index in [-0.39, 0.29) is 28.0 Å². The Balaban J connectivity index is 1.75. The Morgan fingerprint density at radius 3 is 2.59 bits per heavy atom. The molecule has 32 heavy (non-hydrogen) atoms. The van der Waals surface area contributed by atoms with E-state index in [1.165, 1.54) is 12.1 Å². The summed E-state index contributed by atoms with van der Waals surface area (Å²) >= 11 is 1.15. The minimum Gasteiger partial charge on any atom is -0.444 e. The number of carbonyl (C=O) groups is 1. The minimum atomic E-state index is -3.58. The lowest BCUT2D eigenvalue weighted by Crippen LogP contribution is -2.23. The first kappa shape index (κ1) is 23.6. The number of amides is 1. The quantitative estimate of drug-likeness (QED) is 0.492. The summed E-state index contributed by atoms with van der Waals surface area (Å²) in [5, 5.41) is 19.9. The van der Waals surface area contributed by atoms with Crippen molar-refractivity contribution in [3.8, 4) is 6.07 Å². The Hall–Kier alpha value is -3.10. The molecule has 0 bridgehead atoms. The number of nitrogens with zero attached hydrogens (tertiary/aromatic N) is 4. The fraction of sp³-hybridized carbons (Fsp3) is 0.333. The number of hydrogen-bond donors (Lipinski definition) is 1.